The van der Waals surface area contributed by atoms with Crippen molar-refractivity contribution >= 4 is 14.7 Å². The van der Waals surface area contributed by atoms with Gasteiger partial charge < -0.3 is 19.5 Å². The Kier molecular flexibility index (Phi) is 9.51. The van der Waals surface area contributed by atoms with Crippen molar-refractivity contribution in [1.29, 1.82) is 0 Å². The molecule has 2 aliphatic rings. The molecule has 0 bridgehead atoms. The SMILES string of the molecule is CC(=O)NCC1CCN(CC2Cc3ccc(Oc4ccc(-c5ccnn5COCC[Si](C)C)cn4)cc3O2)CC1. The Labute approximate surface area is 238 Å². The fraction of sp³-hybridized carbons (Fsp3) is 0.500. The molecule has 1 saturated heterocycles. The molecule has 10 heteroatoms. The Morgan fingerprint density at radius 1 is 1.18 bits per heavy atom. The molecular weight excluding hydrogens is 522 g/mol. The summed E-state index contributed by atoms with van der Waals surface area (Å²) < 4.78 is 20.1. The number of carbonyl (C=O) groups is 1. The van der Waals surface area contributed by atoms with Crippen LogP contribution in [0.15, 0.2) is 48.8 Å². The molecule has 0 saturated carbocycles. The van der Waals surface area contributed by atoms with E-state index < -0.39 is 0 Å². The third kappa shape index (κ3) is 7.71. The molecule has 1 atom stereocenters. The Hall–Kier alpha value is -3.21. The molecule has 3 aromatic rings. The second-order valence-electron chi connectivity index (χ2n) is 11.1. The first-order chi connectivity index (χ1) is 19.4. The molecule has 1 unspecified atom stereocenters. The van der Waals surface area contributed by atoms with Crippen molar-refractivity contribution in [3.05, 3.63) is 54.4 Å². The van der Waals surface area contributed by atoms with Gasteiger partial charge in [-0.1, -0.05) is 19.2 Å². The van der Waals surface area contributed by atoms with E-state index in [-0.39, 0.29) is 20.8 Å². The highest BCUT2D eigenvalue weighted by Crippen LogP contribution is 2.34. The van der Waals surface area contributed by atoms with Crippen LogP contribution in [0.1, 0.15) is 25.3 Å². The van der Waals surface area contributed by atoms with E-state index in [0.717, 1.165) is 75.1 Å². The number of likely N-dealkylation sites (tertiary alicyclic amines) is 1. The van der Waals surface area contributed by atoms with Gasteiger partial charge in [0.1, 0.15) is 24.3 Å². The summed E-state index contributed by atoms with van der Waals surface area (Å²) >= 11 is 0. The minimum atomic E-state index is -0.283. The number of nitrogens with zero attached hydrogens (tertiary/aromatic N) is 4. The third-order valence-corrected chi connectivity index (χ3v) is 8.72. The summed E-state index contributed by atoms with van der Waals surface area (Å²) in [5, 5.41) is 7.36. The van der Waals surface area contributed by atoms with Crippen molar-refractivity contribution in [2.45, 2.75) is 58.2 Å². The first-order valence-electron chi connectivity index (χ1n) is 14.2. The van der Waals surface area contributed by atoms with E-state index in [4.69, 9.17) is 14.2 Å². The molecule has 1 amide bonds. The number of hydrogen-bond donors (Lipinski definition) is 1. The minimum Gasteiger partial charge on any atom is -0.488 e. The van der Waals surface area contributed by atoms with Crippen LogP contribution >= 0.6 is 0 Å². The minimum absolute atomic E-state index is 0.0540. The maximum Gasteiger partial charge on any atom is 0.219 e. The van der Waals surface area contributed by atoms with Crippen LogP contribution in [0, 0.1) is 5.92 Å². The number of rotatable bonds is 12. The Morgan fingerprint density at radius 3 is 2.77 bits per heavy atom. The van der Waals surface area contributed by atoms with E-state index in [9.17, 15) is 4.79 Å². The van der Waals surface area contributed by atoms with E-state index >= 15 is 0 Å². The Bertz CT molecular complexity index is 1260. The average Bonchev–Trinajstić information content (AvgIpc) is 3.57. The predicted octanol–water partition coefficient (Wildman–Crippen LogP) is 4.62. The van der Waals surface area contributed by atoms with Crippen molar-refractivity contribution in [3.8, 4) is 28.6 Å². The van der Waals surface area contributed by atoms with Crippen LogP contribution in [-0.2, 0) is 22.7 Å². The lowest BCUT2D eigenvalue weighted by atomic mass is 9.96. The zero-order valence-electron chi connectivity index (χ0n) is 23.8. The Morgan fingerprint density at radius 2 is 2.02 bits per heavy atom. The molecule has 1 aromatic carbocycles. The topological polar surface area (TPSA) is 90.7 Å². The number of hydrogen-bond acceptors (Lipinski definition) is 7. The second-order valence-corrected chi connectivity index (χ2v) is 14.0. The van der Waals surface area contributed by atoms with Gasteiger partial charge in [-0.3, -0.25) is 9.69 Å². The van der Waals surface area contributed by atoms with Crippen molar-refractivity contribution in [1.82, 2.24) is 25.0 Å². The summed E-state index contributed by atoms with van der Waals surface area (Å²) in [7, 11) is -0.283. The zero-order valence-corrected chi connectivity index (χ0v) is 24.8. The highest BCUT2D eigenvalue weighted by molar-refractivity contribution is 6.55. The normalized spacial score (nSPS) is 17.6. The van der Waals surface area contributed by atoms with E-state index in [2.05, 4.69) is 39.5 Å². The lowest BCUT2D eigenvalue weighted by Crippen LogP contribution is -2.42. The molecule has 2 aliphatic heterocycles. The molecule has 1 radical (unpaired) electrons. The molecule has 2 aromatic heterocycles. The molecule has 40 heavy (non-hydrogen) atoms. The fourth-order valence-corrected chi connectivity index (χ4v) is 5.77. The second kappa shape index (κ2) is 13.4. The molecule has 1 fully saturated rings. The van der Waals surface area contributed by atoms with Crippen LogP contribution in [0.4, 0.5) is 0 Å². The van der Waals surface area contributed by atoms with Gasteiger partial charge in [0.05, 0.1) is 5.69 Å². The van der Waals surface area contributed by atoms with E-state index in [1.807, 2.05) is 35.0 Å². The number of pyridine rings is 1. The standard InChI is InChI=1S/C30H40N5O4Si/c1-22(36)31-18-23-9-12-34(13-10-23)20-27-16-24-4-6-26(17-29(24)38-27)39-30-7-5-25(19-32-30)28-8-11-33-35(28)21-37-14-15-40(2)3/h4-8,11,17,19,23,27H,9-10,12-16,18,20-21H2,1-3H3,(H,31,36). The molecular formula is C30H40N5O4Si. The molecule has 1 N–H and O–H groups in total. The van der Waals surface area contributed by atoms with Gasteiger partial charge in [-0.05, 0) is 61.7 Å². The van der Waals surface area contributed by atoms with E-state index in [1.54, 1.807) is 19.3 Å². The Balaban J connectivity index is 1.11. The number of amides is 1. The number of benzene rings is 1. The molecule has 5 rings (SSSR count). The van der Waals surface area contributed by atoms with Gasteiger partial charge in [0, 0.05) is 71.9 Å². The van der Waals surface area contributed by atoms with Crippen molar-refractivity contribution < 1.29 is 19.0 Å². The van der Waals surface area contributed by atoms with Gasteiger partial charge >= 0.3 is 0 Å². The molecule has 0 aliphatic carbocycles. The number of fused-ring (bicyclic) bond motifs is 1. The summed E-state index contributed by atoms with van der Waals surface area (Å²) in [6, 6.07) is 13.0. The van der Waals surface area contributed by atoms with Gasteiger partial charge in [-0.25, -0.2) is 9.67 Å². The number of ether oxygens (including phenoxy) is 3. The first-order valence-corrected chi connectivity index (χ1v) is 16.9. The van der Waals surface area contributed by atoms with Gasteiger partial charge in [0.15, 0.2) is 0 Å². The number of piperidine rings is 1. The van der Waals surface area contributed by atoms with Gasteiger partial charge in [0.25, 0.3) is 0 Å². The van der Waals surface area contributed by atoms with Crippen molar-refractivity contribution in [3.63, 3.8) is 0 Å². The maximum absolute atomic E-state index is 11.2. The largest absolute Gasteiger partial charge is 0.488 e. The van der Waals surface area contributed by atoms with Gasteiger partial charge in [-0.15, -0.1) is 0 Å². The van der Waals surface area contributed by atoms with E-state index in [0.29, 0.717) is 24.3 Å². The monoisotopic (exact) mass is 562 g/mol. The summed E-state index contributed by atoms with van der Waals surface area (Å²) in [5.74, 6) is 2.76. The van der Waals surface area contributed by atoms with Crippen LogP contribution in [0.25, 0.3) is 11.3 Å². The number of nitrogens with one attached hydrogen (secondary N) is 1. The predicted molar refractivity (Wildman–Crippen MR) is 156 cm³/mol. The maximum atomic E-state index is 11.2. The highest BCUT2D eigenvalue weighted by atomic mass is 28.3. The smallest absolute Gasteiger partial charge is 0.219 e. The van der Waals surface area contributed by atoms with Gasteiger partial charge in [0.2, 0.25) is 11.8 Å². The van der Waals surface area contributed by atoms with Crippen LogP contribution < -0.4 is 14.8 Å². The fourth-order valence-electron chi connectivity index (χ4n) is 5.22. The number of carbonyl (C=O) groups excluding carboxylic acids is 1. The molecule has 9 nitrogen and oxygen atoms in total. The van der Waals surface area contributed by atoms with E-state index in [1.165, 1.54) is 5.56 Å². The zero-order chi connectivity index (χ0) is 27.9. The first kappa shape index (κ1) is 28.3. The molecule has 4 heterocycles. The number of aromatic nitrogens is 3. The average molecular weight is 563 g/mol. The van der Waals surface area contributed by atoms with Gasteiger partial charge in [-0.2, -0.15) is 5.10 Å². The summed E-state index contributed by atoms with van der Waals surface area (Å²) in [5.41, 5.74) is 3.14. The van der Waals surface area contributed by atoms with Crippen LogP contribution in [0.5, 0.6) is 17.4 Å². The van der Waals surface area contributed by atoms with Crippen LogP contribution in [-0.4, -0.2) is 73.3 Å². The van der Waals surface area contributed by atoms with Crippen LogP contribution in [0.2, 0.25) is 19.1 Å². The van der Waals surface area contributed by atoms with Crippen LogP contribution in [0.3, 0.4) is 0 Å². The third-order valence-electron chi connectivity index (χ3n) is 7.52. The lowest BCUT2D eigenvalue weighted by molar-refractivity contribution is -0.119. The summed E-state index contributed by atoms with van der Waals surface area (Å²) in [4.78, 5) is 18.2. The summed E-state index contributed by atoms with van der Waals surface area (Å²) in [6.07, 6.45) is 6.87. The lowest BCUT2D eigenvalue weighted by Gasteiger charge is -2.33. The molecule has 0 spiro atoms. The quantitative estimate of drug-likeness (QED) is 0.255. The highest BCUT2D eigenvalue weighted by Gasteiger charge is 2.28. The van der Waals surface area contributed by atoms with Crippen molar-refractivity contribution in [2.24, 2.45) is 5.92 Å². The van der Waals surface area contributed by atoms with Crippen molar-refractivity contribution in [2.75, 3.05) is 32.8 Å². The molecule has 213 valence electrons. The summed E-state index contributed by atoms with van der Waals surface area (Å²) in [6.45, 7) is 11.2.